The lowest BCUT2D eigenvalue weighted by molar-refractivity contribution is 1.10. The van der Waals surface area contributed by atoms with Crippen LogP contribution in [-0.4, -0.2) is 0 Å². The lowest BCUT2D eigenvalue weighted by Gasteiger charge is -2.11. The van der Waals surface area contributed by atoms with Gasteiger partial charge in [0.15, 0.2) is 0 Å². The molecule has 38 heavy (non-hydrogen) atoms. The molecule has 0 saturated heterocycles. The van der Waals surface area contributed by atoms with Crippen molar-refractivity contribution in [3.05, 3.63) is 165 Å². The van der Waals surface area contributed by atoms with Gasteiger partial charge < -0.3 is 11.5 Å². The molecule has 0 aliphatic rings. The van der Waals surface area contributed by atoms with E-state index in [1.165, 1.54) is 55.6 Å². The molecule has 4 N–H and O–H groups in total. The molecule has 0 saturated carbocycles. The van der Waals surface area contributed by atoms with Gasteiger partial charge in [0.05, 0.1) is 0 Å². The molecular formula is C36H36N2. The third-order valence-electron chi connectivity index (χ3n) is 7.40. The summed E-state index contributed by atoms with van der Waals surface area (Å²) in [6.45, 7) is 4.44. The molecule has 0 spiro atoms. The number of aryl methyl sites for hydroxylation is 2. The average Bonchev–Trinajstić information content (AvgIpc) is 2.91. The first-order valence-electron chi connectivity index (χ1n) is 13.3. The Hall–Kier alpha value is -4.30. The van der Waals surface area contributed by atoms with Crippen molar-refractivity contribution in [3.8, 4) is 0 Å². The van der Waals surface area contributed by atoms with Gasteiger partial charge in [0.1, 0.15) is 0 Å². The average molecular weight is 497 g/mol. The summed E-state index contributed by atoms with van der Waals surface area (Å²) >= 11 is 0. The summed E-state index contributed by atoms with van der Waals surface area (Å²) in [6, 6.07) is 39.2. The zero-order valence-electron chi connectivity index (χ0n) is 22.4. The molecule has 0 radical (unpaired) electrons. The molecule has 5 rings (SSSR count). The highest BCUT2D eigenvalue weighted by Gasteiger charge is 2.06. The van der Waals surface area contributed by atoms with E-state index in [9.17, 15) is 0 Å². The third-order valence-corrected chi connectivity index (χ3v) is 7.40. The quantitative estimate of drug-likeness (QED) is 0.215. The van der Waals surface area contributed by atoms with Crippen molar-refractivity contribution < 1.29 is 0 Å². The summed E-state index contributed by atoms with van der Waals surface area (Å²) in [7, 11) is 0. The fourth-order valence-corrected chi connectivity index (χ4v) is 5.09. The van der Waals surface area contributed by atoms with Crippen LogP contribution in [0.25, 0.3) is 0 Å². The van der Waals surface area contributed by atoms with Crippen molar-refractivity contribution >= 4 is 11.4 Å². The highest BCUT2D eigenvalue weighted by molar-refractivity contribution is 5.44. The second kappa shape index (κ2) is 11.4. The normalized spacial score (nSPS) is 11.0. The fraction of sp³-hybridized carbons (Fsp3) is 0.167. The largest absolute Gasteiger partial charge is 0.399 e. The Kier molecular flexibility index (Phi) is 7.60. The van der Waals surface area contributed by atoms with Crippen molar-refractivity contribution in [2.45, 2.75) is 39.5 Å². The summed E-state index contributed by atoms with van der Waals surface area (Å²) < 4.78 is 0. The van der Waals surface area contributed by atoms with Gasteiger partial charge in [0.2, 0.25) is 0 Å². The molecule has 0 aromatic heterocycles. The third kappa shape index (κ3) is 6.52. The molecule has 0 aliphatic heterocycles. The summed E-state index contributed by atoms with van der Waals surface area (Å²) in [4.78, 5) is 0. The molecule has 0 heterocycles. The SMILES string of the molecule is Cc1cc(Cc2ccc(N)cc2)ccc1Cc1ccc(Cc2ccc(Cc3ccc(N)cc3)cc2C)cc1. The van der Waals surface area contributed by atoms with Gasteiger partial charge in [-0.05, 0) is 119 Å². The molecule has 0 atom stereocenters. The van der Waals surface area contributed by atoms with Gasteiger partial charge in [0.25, 0.3) is 0 Å². The molecule has 0 amide bonds. The van der Waals surface area contributed by atoms with Crippen LogP contribution in [0.5, 0.6) is 0 Å². The van der Waals surface area contributed by atoms with E-state index < -0.39 is 0 Å². The van der Waals surface area contributed by atoms with Crippen LogP contribution < -0.4 is 11.5 Å². The Morgan fingerprint density at radius 3 is 1.00 bits per heavy atom. The van der Waals surface area contributed by atoms with E-state index in [0.717, 1.165) is 37.1 Å². The summed E-state index contributed by atoms with van der Waals surface area (Å²) in [5, 5.41) is 0. The van der Waals surface area contributed by atoms with Crippen LogP contribution >= 0.6 is 0 Å². The van der Waals surface area contributed by atoms with Crippen molar-refractivity contribution in [3.63, 3.8) is 0 Å². The lowest BCUT2D eigenvalue weighted by atomic mass is 9.94. The van der Waals surface area contributed by atoms with Crippen LogP contribution in [-0.2, 0) is 25.7 Å². The maximum Gasteiger partial charge on any atom is 0.0314 e. The number of nitrogens with two attached hydrogens (primary N) is 2. The predicted octanol–water partition coefficient (Wildman–Crippen LogP) is 7.83. The van der Waals surface area contributed by atoms with Gasteiger partial charge in [-0.15, -0.1) is 0 Å². The Bertz CT molecular complexity index is 1390. The summed E-state index contributed by atoms with van der Waals surface area (Å²) in [5.74, 6) is 0. The monoisotopic (exact) mass is 496 g/mol. The molecule has 0 unspecified atom stereocenters. The van der Waals surface area contributed by atoms with Crippen molar-refractivity contribution in [2.24, 2.45) is 0 Å². The van der Waals surface area contributed by atoms with Crippen LogP contribution in [0.2, 0.25) is 0 Å². The number of nitrogen functional groups attached to an aromatic ring is 2. The lowest BCUT2D eigenvalue weighted by Crippen LogP contribution is -1.97. The number of anilines is 2. The number of rotatable bonds is 8. The maximum atomic E-state index is 5.82. The summed E-state index contributed by atoms with van der Waals surface area (Å²) in [6.07, 6.45) is 3.76. The van der Waals surface area contributed by atoms with Gasteiger partial charge in [-0.25, -0.2) is 0 Å². The van der Waals surface area contributed by atoms with E-state index in [2.05, 4.69) is 98.8 Å². The van der Waals surface area contributed by atoms with Gasteiger partial charge in [-0.3, -0.25) is 0 Å². The molecule has 190 valence electrons. The zero-order valence-corrected chi connectivity index (χ0v) is 22.4. The second-order valence-corrected chi connectivity index (χ2v) is 10.5. The van der Waals surface area contributed by atoms with E-state index in [1.54, 1.807) is 0 Å². The minimum absolute atomic E-state index is 0.810. The molecule has 2 heteroatoms. The van der Waals surface area contributed by atoms with E-state index in [0.29, 0.717) is 0 Å². The highest BCUT2D eigenvalue weighted by Crippen LogP contribution is 2.22. The predicted molar refractivity (Wildman–Crippen MR) is 162 cm³/mol. The smallest absolute Gasteiger partial charge is 0.0314 e. The Morgan fingerprint density at radius 2 is 0.658 bits per heavy atom. The first-order chi connectivity index (χ1) is 18.4. The second-order valence-electron chi connectivity index (χ2n) is 10.5. The van der Waals surface area contributed by atoms with Crippen molar-refractivity contribution in [2.75, 3.05) is 11.5 Å². The first kappa shape index (κ1) is 25.4. The molecule has 5 aromatic rings. The molecule has 0 bridgehead atoms. The number of hydrogen-bond donors (Lipinski definition) is 2. The molecule has 0 fully saturated rings. The summed E-state index contributed by atoms with van der Waals surface area (Å²) in [5.41, 5.74) is 26.6. The molecule has 5 aromatic carbocycles. The first-order valence-corrected chi connectivity index (χ1v) is 13.3. The Labute approximate surface area is 227 Å². The minimum Gasteiger partial charge on any atom is -0.399 e. The van der Waals surface area contributed by atoms with Crippen molar-refractivity contribution in [1.82, 2.24) is 0 Å². The fourth-order valence-electron chi connectivity index (χ4n) is 5.09. The molecular weight excluding hydrogens is 460 g/mol. The van der Waals surface area contributed by atoms with Crippen LogP contribution in [0.4, 0.5) is 11.4 Å². The van der Waals surface area contributed by atoms with Crippen molar-refractivity contribution in [1.29, 1.82) is 0 Å². The standard InChI is InChI=1S/C36H36N2/c1-25-19-31(21-27-9-15-35(37)16-10-27)7-13-33(25)23-29-3-5-30(6-4-29)24-34-14-8-32(20-26(34)2)22-28-11-17-36(38)18-12-28/h3-20H,21-24,37-38H2,1-2H3. The topological polar surface area (TPSA) is 52.0 Å². The van der Waals surface area contributed by atoms with Gasteiger partial charge >= 0.3 is 0 Å². The number of benzene rings is 5. The highest BCUT2D eigenvalue weighted by atomic mass is 14.5. The molecule has 0 aliphatic carbocycles. The van der Waals surface area contributed by atoms with Crippen LogP contribution in [0.3, 0.4) is 0 Å². The number of hydrogen-bond acceptors (Lipinski definition) is 2. The maximum absolute atomic E-state index is 5.82. The zero-order chi connectivity index (χ0) is 26.5. The Morgan fingerprint density at radius 1 is 0.368 bits per heavy atom. The van der Waals surface area contributed by atoms with Crippen LogP contribution in [0.1, 0.15) is 55.6 Å². The van der Waals surface area contributed by atoms with Gasteiger partial charge in [-0.1, -0.05) is 84.9 Å². The van der Waals surface area contributed by atoms with Crippen LogP contribution in [0, 0.1) is 13.8 Å². The van der Waals surface area contributed by atoms with E-state index in [1.807, 2.05) is 24.3 Å². The van der Waals surface area contributed by atoms with E-state index in [-0.39, 0.29) is 0 Å². The molecule has 2 nitrogen and oxygen atoms in total. The van der Waals surface area contributed by atoms with Gasteiger partial charge in [-0.2, -0.15) is 0 Å². The van der Waals surface area contributed by atoms with Crippen LogP contribution in [0.15, 0.2) is 109 Å². The van der Waals surface area contributed by atoms with E-state index >= 15 is 0 Å². The Balaban J connectivity index is 1.20. The van der Waals surface area contributed by atoms with E-state index in [4.69, 9.17) is 11.5 Å². The minimum atomic E-state index is 0.810. The van der Waals surface area contributed by atoms with Gasteiger partial charge in [0, 0.05) is 11.4 Å².